The molecular weight excluding hydrogens is 258 g/mol. The van der Waals surface area contributed by atoms with Crippen LogP contribution in [0.1, 0.15) is 18.5 Å². The molecule has 1 fully saturated rings. The fourth-order valence-electron chi connectivity index (χ4n) is 2.12. The summed E-state index contributed by atoms with van der Waals surface area (Å²) in [6, 6.07) is -0.589. The fraction of sp³-hybridized carbons (Fsp3) is 0.556. The first-order valence-electron chi connectivity index (χ1n) is 5.47. The molecule has 1 saturated heterocycles. The SMILES string of the molecule is Cc1[nH]ncc1S(=O)(=O)N1CCCC1C(N)=NO. The van der Waals surface area contributed by atoms with Crippen LogP contribution in [0.2, 0.25) is 0 Å². The summed E-state index contributed by atoms with van der Waals surface area (Å²) in [6.45, 7) is 1.99. The summed E-state index contributed by atoms with van der Waals surface area (Å²) in [4.78, 5) is 0.125. The molecule has 4 N–H and O–H groups in total. The predicted octanol–water partition coefficient (Wildman–Crippen LogP) is -0.382. The molecule has 0 saturated carbocycles. The number of nitrogens with two attached hydrogens (primary N) is 1. The topological polar surface area (TPSA) is 125 Å². The molecule has 1 aliphatic heterocycles. The summed E-state index contributed by atoms with van der Waals surface area (Å²) >= 11 is 0. The number of aryl methyl sites for hydroxylation is 1. The molecule has 9 heteroatoms. The van der Waals surface area contributed by atoms with Gasteiger partial charge in [0, 0.05) is 6.54 Å². The van der Waals surface area contributed by atoms with Crippen molar-refractivity contribution in [2.24, 2.45) is 10.9 Å². The minimum atomic E-state index is -3.66. The Hall–Kier alpha value is -1.61. The molecule has 0 amide bonds. The van der Waals surface area contributed by atoms with Crippen molar-refractivity contribution in [2.45, 2.75) is 30.7 Å². The van der Waals surface area contributed by atoms with Gasteiger partial charge in [0.05, 0.1) is 17.9 Å². The Bertz CT molecular complexity index is 565. The maximum absolute atomic E-state index is 12.4. The first-order valence-corrected chi connectivity index (χ1v) is 6.91. The van der Waals surface area contributed by atoms with E-state index in [1.54, 1.807) is 6.92 Å². The van der Waals surface area contributed by atoms with Gasteiger partial charge in [-0.05, 0) is 19.8 Å². The van der Waals surface area contributed by atoms with Gasteiger partial charge in [0.1, 0.15) is 4.90 Å². The monoisotopic (exact) mass is 273 g/mol. The average Bonchev–Trinajstić information content (AvgIpc) is 2.96. The highest BCUT2D eigenvalue weighted by molar-refractivity contribution is 7.89. The number of nitrogens with zero attached hydrogens (tertiary/aromatic N) is 3. The summed E-state index contributed by atoms with van der Waals surface area (Å²) < 4.78 is 26.1. The van der Waals surface area contributed by atoms with Crippen molar-refractivity contribution in [2.75, 3.05) is 6.54 Å². The predicted molar refractivity (Wildman–Crippen MR) is 63.6 cm³/mol. The lowest BCUT2D eigenvalue weighted by atomic mass is 10.2. The van der Waals surface area contributed by atoms with E-state index in [1.165, 1.54) is 10.5 Å². The van der Waals surface area contributed by atoms with E-state index in [1.807, 2.05) is 0 Å². The Balaban J connectivity index is 2.39. The van der Waals surface area contributed by atoms with E-state index in [0.717, 1.165) is 0 Å². The third-order valence-corrected chi connectivity index (χ3v) is 5.05. The molecular formula is C9H15N5O3S. The first-order chi connectivity index (χ1) is 8.48. The van der Waals surface area contributed by atoms with Crippen molar-refractivity contribution in [1.82, 2.24) is 14.5 Å². The van der Waals surface area contributed by atoms with E-state index < -0.39 is 16.1 Å². The zero-order chi connectivity index (χ0) is 13.3. The van der Waals surface area contributed by atoms with Crippen molar-refractivity contribution < 1.29 is 13.6 Å². The molecule has 100 valence electrons. The number of aromatic nitrogens is 2. The van der Waals surface area contributed by atoms with Crippen molar-refractivity contribution in [3.63, 3.8) is 0 Å². The van der Waals surface area contributed by atoms with Gasteiger partial charge in [-0.1, -0.05) is 5.16 Å². The lowest BCUT2D eigenvalue weighted by Crippen LogP contribution is -2.43. The summed E-state index contributed by atoms with van der Waals surface area (Å²) in [5.74, 6) is -0.0859. The van der Waals surface area contributed by atoms with Crippen molar-refractivity contribution >= 4 is 15.9 Å². The molecule has 0 bridgehead atoms. The zero-order valence-electron chi connectivity index (χ0n) is 9.87. The maximum atomic E-state index is 12.4. The minimum absolute atomic E-state index is 0.0859. The molecule has 0 radical (unpaired) electrons. The third-order valence-electron chi connectivity index (χ3n) is 3.03. The van der Waals surface area contributed by atoms with Gasteiger partial charge in [-0.3, -0.25) is 5.10 Å². The smallest absolute Gasteiger partial charge is 0.247 e. The first kappa shape index (κ1) is 12.8. The van der Waals surface area contributed by atoms with Gasteiger partial charge >= 0.3 is 0 Å². The Labute approximate surface area is 105 Å². The van der Waals surface area contributed by atoms with Crippen LogP contribution in [0, 0.1) is 6.92 Å². The number of oxime groups is 1. The average molecular weight is 273 g/mol. The number of sulfonamides is 1. The summed E-state index contributed by atoms with van der Waals surface area (Å²) in [5.41, 5.74) is 6.00. The van der Waals surface area contributed by atoms with Gasteiger partial charge in [-0.2, -0.15) is 9.40 Å². The Morgan fingerprint density at radius 3 is 3.00 bits per heavy atom. The minimum Gasteiger partial charge on any atom is -0.409 e. The number of rotatable bonds is 3. The van der Waals surface area contributed by atoms with Gasteiger partial charge in [0.25, 0.3) is 0 Å². The number of hydrogen-bond donors (Lipinski definition) is 3. The lowest BCUT2D eigenvalue weighted by Gasteiger charge is -2.22. The number of H-pyrrole nitrogens is 1. The maximum Gasteiger partial charge on any atom is 0.247 e. The van der Waals surface area contributed by atoms with Crippen LogP contribution < -0.4 is 5.73 Å². The van der Waals surface area contributed by atoms with Crippen LogP contribution in [-0.4, -0.2) is 46.5 Å². The normalized spacial score (nSPS) is 22.5. The molecule has 18 heavy (non-hydrogen) atoms. The van der Waals surface area contributed by atoms with Crippen molar-refractivity contribution in [3.8, 4) is 0 Å². The second kappa shape index (κ2) is 4.58. The molecule has 1 atom stereocenters. The molecule has 1 aromatic rings. The van der Waals surface area contributed by atoms with Crippen LogP contribution >= 0.6 is 0 Å². The van der Waals surface area contributed by atoms with E-state index in [2.05, 4.69) is 15.4 Å². The van der Waals surface area contributed by atoms with Gasteiger partial charge in [-0.15, -0.1) is 0 Å². The lowest BCUT2D eigenvalue weighted by molar-refractivity contribution is 0.311. The molecule has 2 rings (SSSR count). The van der Waals surface area contributed by atoms with Crippen LogP contribution in [0.15, 0.2) is 16.2 Å². The quantitative estimate of drug-likeness (QED) is 0.299. The van der Waals surface area contributed by atoms with E-state index >= 15 is 0 Å². The van der Waals surface area contributed by atoms with E-state index in [-0.39, 0.29) is 10.7 Å². The van der Waals surface area contributed by atoms with Gasteiger partial charge in [-0.25, -0.2) is 8.42 Å². The van der Waals surface area contributed by atoms with Crippen LogP contribution in [0.4, 0.5) is 0 Å². The van der Waals surface area contributed by atoms with E-state index in [0.29, 0.717) is 25.1 Å². The molecule has 2 heterocycles. The second-order valence-electron chi connectivity index (χ2n) is 4.16. The molecule has 1 aliphatic rings. The van der Waals surface area contributed by atoms with E-state index in [4.69, 9.17) is 10.9 Å². The fourth-order valence-corrected chi connectivity index (χ4v) is 3.91. The van der Waals surface area contributed by atoms with Gasteiger partial charge in [0.2, 0.25) is 10.0 Å². The summed E-state index contributed by atoms with van der Waals surface area (Å²) in [7, 11) is -3.66. The van der Waals surface area contributed by atoms with Crippen LogP contribution in [0.25, 0.3) is 0 Å². The molecule has 1 unspecified atom stereocenters. The molecule has 0 spiro atoms. The Morgan fingerprint density at radius 1 is 1.72 bits per heavy atom. The molecule has 0 aromatic carbocycles. The van der Waals surface area contributed by atoms with Crippen molar-refractivity contribution in [3.05, 3.63) is 11.9 Å². The Kier molecular flexibility index (Phi) is 3.26. The highest BCUT2D eigenvalue weighted by Crippen LogP contribution is 2.26. The highest BCUT2D eigenvalue weighted by atomic mass is 32.2. The van der Waals surface area contributed by atoms with Gasteiger partial charge < -0.3 is 10.9 Å². The van der Waals surface area contributed by atoms with Gasteiger partial charge in [0.15, 0.2) is 5.84 Å². The Morgan fingerprint density at radius 2 is 2.44 bits per heavy atom. The molecule has 8 nitrogen and oxygen atoms in total. The second-order valence-corrected chi connectivity index (χ2v) is 6.02. The standard InChI is InChI=1S/C9H15N5O3S/c1-6-8(5-11-12-6)18(16,17)14-4-2-3-7(14)9(10)13-15/h5,7,15H,2-4H2,1H3,(H2,10,13)(H,11,12). The summed E-state index contributed by atoms with van der Waals surface area (Å²) in [6.07, 6.45) is 2.50. The third kappa shape index (κ3) is 1.95. The summed E-state index contributed by atoms with van der Waals surface area (Å²) in [5, 5.41) is 17.9. The number of amidine groups is 1. The highest BCUT2D eigenvalue weighted by Gasteiger charge is 2.38. The van der Waals surface area contributed by atoms with E-state index in [9.17, 15) is 8.42 Å². The molecule has 0 aliphatic carbocycles. The number of hydrogen-bond acceptors (Lipinski definition) is 5. The van der Waals surface area contributed by atoms with Crippen LogP contribution in [-0.2, 0) is 10.0 Å². The van der Waals surface area contributed by atoms with Crippen LogP contribution in [0.5, 0.6) is 0 Å². The molecule has 1 aromatic heterocycles. The zero-order valence-corrected chi connectivity index (χ0v) is 10.7. The number of aromatic amines is 1. The van der Waals surface area contributed by atoms with Crippen LogP contribution in [0.3, 0.4) is 0 Å². The van der Waals surface area contributed by atoms with Crippen molar-refractivity contribution in [1.29, 1.82) is 0 Å². The largest absolute Gasteiger partial charge is 0.409 e. The number of nitrogens with one attached hydrogen (secondary N) is 1.